The normalized spacial score (nSPS) is 26.2. The number of rotatable bonds is 7. The maximum atomic E-state index is 13.8. The number of aromatic amines is 1. The molecule has 0 spiro atoms. The molecular formula is C25H28ClFN4O5. The highest BCUT2D eigenvalue weighted by Gasteiger charge is 2.50. The Morgan fingerprint density at radius 2 is 2.03 bits per heavy atom. The number of likely N-dealkylation sites (tertiary alicyclic amines) is 1. The highest BCUT2D eigenvalue weighted by molar-refractivity contribution is 6.35. The van der Waals surface area contributed by atoms with Gasteiger partial charge in [-0.1, -0.05) is 18.0 Å². The summed E-state index contributed by atoms with van der Waals surface area (Å²) in [7, 11) is 0. The number of nitrogens with one attached hydrogen (secondary N) is 3. The van der Waals surface area contributed by atoms with Crippen molar-refractivity contribution in [3.63, 3.8) is 0 Å². The summed E-state index contributed by atoms with van der Waals surface area (Å²) >= 11 is 6.15. The summed E-state index contributed by atoms with van der Waals surface area (Å²) in [5.41, 5.74) is 0.577. The number of H-pyrrole nitrogens is 1. The van der Waals surface area contributed by atoms with Crippen molar-refractivity contribution in [3.8, 4) is 0 Å². The molecule has 4 N–H and O–H groups in total. The SMILES string of the molecule is O=C1NCCC1CC(NC(=O)C1C2CCCC2CN1C(=O)c1cc2c(Cl)cc(F)cc2[nH]1)C(=O)CO. The van der Waals surface area contributed by atoms with Crippen LogP contribution in [0.15, 0.2) is 18.2 Å². The molecule has 1 saturated carbocycles. The third kappa shape index (κ3) is 4.48. The van der Waals surface area contributed by atoms with Gasteiger partial charge in [-0.3, -0.25) is 19.2 Å². The summed E-state index contributed by atoms with van der Waals surface area (Å²) in [6.45, 7) is 0.137. The van der Waals surface area contributed by atoms with Gasteiger partial charge in [0.2, 0.25) is 11.8 Å². The minimum atomic E-state index is -1.02. The fourth-order valence-electron chi connectivity index (χ4n) is 6.07. The van der Waals surface area contributed by atoms with Gasteiger partial charge in [0.15, 0.2) is 5.78 Å². The first-order chi connectivity index (χ1) is 17.3. The summed E-state index contributed by atoms with van der Waals surface area (Å²) in [5.74, 6) is -2.49. The molecule has 2 aliphatic heterocycles. The van der Waals surface area contributed by atoms with Gasteiger partial charge in [0.05, 0.1) is 16.6 Å². The van der Waals surface area contributed by atoms with Crippen LogP contribution in [0.1, 0.15) is 42.6 Å². The molecule has 2 aromatic rings. The lowest BCUT2D eigenvalue weighted by Crippen LogP contribution is -2.53. The van der Waals surface area contributed by atoms with E-state index in [-0.39, 0.29) is 34.9 Å². The number of halogens is 2. The van der Waals surface area contributed by atoms with E-state index < -0.39 is 48.0 Å². The molecule has 9 nitrogen and oxygen atoms in total. The maximum Gasteiger partial charge on any atom is 0.271 e. The van der Waals surface area contributed by atoms with Crippen LogP contribution in [-0.4, -0.2) is 70.3 Å². The van der Waals surface area contributed by atoms with Gasteiger partial charge >= 0.3 is 0 Å². The molecule has 5 unspecified atom stereocenters. The van der Waals surface area contributed by atoms with Gasteiger partial charge in [0.25, 0.3) is 5.91 Å². The molecule has 11 heteroatoms. The number of aromatic nitrogens is 1. The second kappa shape index (κ2) is 9.82. The van der Waals surface area contributed by atoms with Crippen LogP contribution in [0.2, 0.25) is 5.02 Å². The first kappa shape index (κ1) is 24.7. The van der Waals surface area contributed by atoms with Gasteiger partial charge in [-0.15, -0.1) is 0 Å². The number of amides is 3. The van der Waals surface area contributed by atoms with Crippen molar-refractivity contribution in [2.24, 2.45) is 17.8 Å². The van der Waals surface area contributed by atoms with Crippen molar-refractivity contribution >= 4 is 46.0 Å². The van der Waals surface area contributed by atoms with E-state index in [1.54, 1.807) is 6.07 Å². The van der Waals surface area contributed by atoms with Gasteiger partial charge in [-0.05, 0) is 55.7 Å². The number of hydrogen-bond donors (Lipinski definition) is 4. The molecule has 36 heavy (non-hydrogen) atoms. The number of carbonyl (C=O) groups excluding carboxylic acids is 4. The predicted octanol–water partition coefficient (Wildman–Crippen LogP) is 1.77. The van der Waals surface area contributed by atoms with Crippen LogP contribution in [0.25, 0.3) is 10.9 Å². The molecule has 3 amide bonds. The molecule has 0 bridgehead atoms. The Bertz CT molecular complexity index is 1230. The lowest BCUT2D eigenvalue weighted by molar-refractivity contribution is -0.133. The molecule has 2 saturated heterocycles. The number of aliphatic hydroxyl groups is 1. The van der Waals surface area contributed by atoms with Crippen LogP contribution in [0, 0.1) is 23.6 Å². The molecule has 5 atom stereocenters. The van der Waals surface area contributed by atoms with Crippen molar-refractivity contribution in [2.75, 3.05) is 19.7 Å². The van der Waals surface area contributed by atoms with E-state index in [4.69, 9.17) is 11.6 Å². The molecular weight excluding hydrogens is 491 g/mol. The van der Waals surface area contributed by atoms with E-state index >= 15 is 0 Å². The van der Waals surface area contributed by atoms with E-state index in [1.807, 2.05) is 0 Å². The molecule has 3 aliphatic rings. The number of Topliss-reactive ketones (excluding diaryl/α,β-unsaturated/α-hetero) is 1. The van der Waals surface area contributed by atoms with Crippen LogP contribution in [0.4, 0.5) is 4.39 Å². The Morgan fingerprint density at radius 1 is 1.22 bits per heavy atom. The Hall–Kier alpha value is -2.98. The molecule has 1 aliphatic carbocycles. The number of fused-ring (bicyclic) bond motifs is 2. The summed E-state index contributed by atoms with van der Waals surface area (Å²) in [6.07, 6.45) is 3.26. The third-order valence-corrected chi connectivity index (χ3v) is 8.16. The van der Waals surface area contributed by atoms with E-state index in [2.05, 4.69) is 15.6 Å². The highest BCUT2D eigenvalue weighted by atomic mass is 35.5. The highest BCUT2D eigenvalue weighted by Crippen LogP contribution is 2.43. The largest absolute Gasteiger partial charge is 0.389 e. The minimum Gasteiger partial charge on any atom is -0.389 e. The topological polar surface area (TPSA) is 132 Å². The Kier molecular flexibility index (Phi) is 6.74. The molecule has 1 aromatic carbocycles. The number of nitrogens with zero attached hydrogens (tertiary/aromatic N) is 1. The van der Waals surface area contributed by atoms with Gasteiger partial charge in [-0.25, -0.2) is 4.39 Å². The summed E-state index contributed by atoms with van der Waals surface area (Å²) in [5, 5.41) is 15.6. The van der Waals surface area contributed by atoms with Gasteiger partial charge in [0.1, 0.15) is 24.2 Å². The summed E-state index contributed by atoms with van der Waals surface area (Å²) in [4.78, 5) is 56.1. The lowest BCUT2D eigenvalue weighted by atomic mass is 9.92. The second-order valence-corrected chi connectivity index (χ2v) is 10.4. The Labute approximate surface area is 211 Å². The number of aliphatic hydroxyl groups excluding tert-OH is 1. The monoisotopic (exact) mass is 518 g/mol. The standard InChI is InChI=1S/C25H28ClFN4O5/c26-17-7-14(27)8-18-16(17)9-20(29-18)25(36)31-10-13-2-1-3-15(13)22(31)24(35)30-19(21(33)11-32)6-12-4-5-28-23(12)34/h7-9,12-13,15,19,22,29,32H,1-6,10-11H2,(H,28,34)(H,30,35). The quantitative estimate of drug-likeness (QED) is 0.443. The van der Waals surface area contributed by atoms with Crippen LogP contribution < -0.4 is 10.6 Å². The average Bonchev–Trinajstić information content (AvgIpc) is 3.61. The molecule has 5 rings (SSSR count). The number of ketones is 1. The number of carbonyl (C=O) groups is 4. The number of hydrogen-bond acceptors (Lipinski definition) is 5. The van der Waals surface area contributed by atoms with E-state index in [1.165, 1.54) is 17.0 Å². The first-order valence-electron chi connectivity index (χ1n) is 12.3. The predicted molar refractivity (Wildman–Crippen MR) is 129 cm³/mol. The van der Waals surface area contributed by atoms with Gasteiger partial charge in [-0.2, -0.15) is 0 Å². The second-order valence-electron chi connectivity index (χ2n) is 9.99. The first-order valence-corrected chi connectivity index (χ1v) is 12.6. The maximum absolute atomic E-state index is 13.8. The van der Waals surface area contributed by atoms with Gasteiger partial charge < -0.3 is 25.6 Å². The van der Waals surface area contributed by atoms with Crippen molar-refractivity contribution in [1.29, 1.82) is 0 Å². The zero-order chi connectivity index (χ0) is 25.6. The zero-order valence-corrected chi connectivity index (χ0v) is 20.3. The molecule has 1 aromatic heterocycles. The summed E-state index contributed by atoms with van der Waals surface area (Å²) in [6, 6.07) is 2.16. The summed E-state index contributed by atoms with van der Waals surface area (Å²) < 4.78 is 13.8. The number of benzene rings is 1. The van der Waals surface area contributed by atoms with Crippen LogP contribution in [0.5, 0.6) is 0 Å². The molecule has 0 radical (unpaired) electrons. The van der Waals surface area contributed by atoms with Crippen molar-refractivity contribution in [2.45, 2.75) is 44.2 Å². The van der Waals surface area contributed by atoms with Crippen LogP contribution in [-0.2, 0) is 14.4 Å². The van der Waals surface area contributed by atoms with Crippen molar-refractivity contribution in [3.05, 3.63) is 34.7 Å². The third-order valence-electron chi connectivity index (χ3n) is 7.85. The molecule has 192 valence electrons. The van der Waals surface area contributed by atoms with Crippen molar-refractivity contribution in [1.82, 2.24) is 20.5 Å². The smallest absolute Gasteiger partial charge is 0.271 e. The Morgan fingerprint density at radius 3 is 2.75 bits per heavy atom. The Balaban J connectivity index is 1.40. The average molecular weight is 519 g/mol. The van der Waals surface area contributed by atoms with Crippen molar-refractivity contribution < 1.29 is 28.7 Å². The van der Waals surface area contributed by atoms with E-state index in [9.17, 15) is 28.7 Å². The molecule has 3 fully saturated rings. The molecule has 3 heterocycles. The van der Waals surface area contributed by atoms with Crippen LogP contribution >= 0.6 is 11.6 Å². The zero-order valence-electron chi connectivity index (χ0n) is 19.6. The lowest BCUT2D eigenvalue weighted by Gasteiger charge is -2.29. The minimum absolute atomic E-state index is 0.0565. The van der Waals surface area contributed by atoms with Gasteiger partial charge in [0, 0.05) is 24.4 Å². The van der Waals surface area contributed by atoms with Crippen LogP contribution in [0.3, 0.4) is 0 Å². The van der Waals surface area contributed by atoms with E-state index in [0.717, 1.165) is 19.3 Å². The van der Waals surface area contributed by atoms with E-state index in [0.29, 0.717) is 30.4 Å². The fraction of sp³-hybridized carbons (Fsp3) is 0.520. The fourth-order valence-corrected chi connectivity index (χ4v) is 6.33.